The number of fused-ring (bicyclic) bond motifs is 1. The number of hydrogen-bond donors (Lipinski definition) is 1. The maximum atomic E-state index is 13.0. The maximum absolute atomic E-state index is 13.0. The van der Waals surface area contributed by atoms with E-state index in [1.54, 1.807) is 6.07 Å². The van der Waals surface area contributed by atoms with Gasteiger partial charge in [0.05, 0.1) is 10.6 Å². The quantitative estimate of drug-likeness (QED) is 0.945. The number of rotatable bonds is 3. The van der Waals surface area contributed by atoms with E-state index in [2.05, 4.69) is 0 Å². The second kappa shape index (κ2) is 5.16. The third kappa shape index (κ3) is 2.32. The van der Waals surface area contributed by atoms with Gasteiger partial charge < -0.3 is 5.73 Å². The fourth-order valence-corrected chi connectivity index (χ4v) is 4.51. The first-order valence-corrected chi connectivity index (χ1v) is 8.38. The molecule has 1 heterocycles. The fourth-order valence-electron chi connectivity index (χ4n) is 2.73. The zero-order valence-corrected chi connectivity index (χ0v) is 12.7. The van der Waals surface area contributed by atoms with E-state index in [0.29, 0.717) is 18.0 Å². The van der Waals surface area contributed by atoms with Crippen LogP contribution in [-0.4, -0.2) is 15.0 Å². The normalized spacial score (nSPS) is 14.3. The second-order valence-corrected chi connectivity index (χ2v) is 7.09. The minimum absolute atomic E-state index is 0.333. The first-order valence-electron chi connectivity index (χ1n) is 6.94. The smallest absolute Gasteiger partial charge is 0.264 e. The Morgan fingerprint density at radius 3 is 2.71 bits per heavy atom. The molecule has 1 aliphatic rings. The molecule has 0 aromatic heterocycles. The average molecular weight is 302 g/mol. The third-order valence-corrected chi connectivity index (χ3v) is 5.86. The highest BCUT2D eigenvalue weighted by Crippen LogP contribution is 2.33. The van der Waals surface area contributed by atoms with Gasteiger partial charge in [-0.05, 0) is 42.2 Å². The molecule has 0 saturated carbocycles. The Morgan fingerprint density at radius 1 is 1.19 bits per heavy atom. The molecule has 0 saturated heterocycles. The van der Waals surface area contributed by atoms with Crippen LogP contribution >= 0.6 is 0 Å². The highest BCUT2D eigenvalue weighted by Gasteiger charge is 2.31. The topological polar surface area (TPSA) is 63.4 Å². The van der Waals surface area contributed by atoms with Gasteiger partial charge in [0.1, 0.15) is 0 Å². The zero-order chi connectivity index (χ0) is 15.0. The molecule has 110 valence electrons. The molecule has 0 spiro atoms. The van der Waals surface area contributed by atoms with Crippen LogP contribution < -0.4 is 10.0 Å². The zero-order valence-electron chi connectivity index (χ0n) is 11.9. The number of nitrogens with zero attached hydrogens (tertiary/aromatic N) is 1. The number of sulfonamides is 1. The molecule has 0 amide bonds. The van der Waals surface area contributed by atoms with Gasteiger partial charge in [-0.25, -0.2) is 8.42 Å². The summed E-state index contributed by atoms with van der Waals surface area (Å²) in [5, 5.41) is 0. The number of aryl methyl sites for hydroxylation is 1. The number of anilines is 1. The summed E-state index contributed by atoms with van der Waals surface area (Å²) < 4.78 is 27.4. The number of para-hydroxylation sites is 1. The van der Waals surface area contributed by atoms with Gasteiger partial charge in [-0.3, -0.25) is 4.31 Å². The van der Waals surface area contributed by atoms with Crippen LogP contribution in [0.5, 0.6) is 0 Å². The van der Waals surface area contributed by atoms with Gasteiger partial charge in [0.2, 0.25) is 0 Å². The summed E-state index contributed by atoms with van der Waals surface area (Å²) in [6.07, 6.45) is 0.755. The molecule has 2 aromatic carbocycles. The molecule has 3 rings (SSSR count). The predicted molar refractivity (Wildman–Crippen MR) is 83.7 cm³/mol. The fraction of sp³-hybridized carbons (Fsp3) is 0.250. The van der Waals surface area contributed by atoms with Crippen LogP contribution in [-0.2, 0) is 23.0 Å². The van der Waals surface area contributed by atoms with E-state index in [1.165, 1.54) is 4.31 Å². The SMILES string of the molecule is Cc1ccc(CN)cc1S(=O)(=O)N1CCc2ccccc21. The number of hydrogen-bond acceptors (Lipinski definition) is 3. The Kier molecular flexibility index (Phi) is 3.47. The van der Waals surface area contributed by atoms with E-state index in [1.807, 2.05) is 43.3 Å². The van der Waals surface area contributed by atoms with Crippen molar-refractivity contribution in [3.63, 3.8) is 0 Å². The van der Waals surface area contributed by atoms with E-state index >= 15 is 0 Å². The van der Waals surface area contributed by atoms with Crippen molar-refractivity contribution in [2.24, 2.45) is 5.73 Å². The molecule has 1 aliphatic heterocycles. The van der Waals surface area contributed by atoms with Crippen LogP contribution in [0.2, 0.25) is 0 Å². The standard InChI is InChI=1S/C16H18N2O2S/c1-12-6-7-13(11-17)10-16(12)21(19,20)18-9-8-14-4-2-3-5-15(14)18/h2-7,10H,8-9,11,17H2,1H3. The Hall–Kier alpha value is -1.85. The molecule has 0 fully saturated rings. The van der Waals surface area contributed by atoms with Gasteiger partial charge in [0.25, 0.3) is 10.0 Å². The highest BCUT2D eigenvalue weighted by molar-refractivity contribution is 7.93. The predicted octanol–water partition coefficient (Wildman–Crippen LogP) is 2.21. The Bertz CT molecular complexity index is 785. The lowest BCUT2D eigenvalue weighted by atomic mass is 10.1. The highest BCUT2D eigenvalue weighted by atomic mass is 32.2. The molecule has 5 heteroatoms. The van der Waals surface area contributed by atoms with E-state index in [-0.39, 0.29) is 0 Å². The van der Waals surface area contributed by atoms with Gasteiger partial charge in [-0.2, -0.15) is 0 Å². The van der Waals surface area contributed by atoms with Gasteiger partial charge in [-0.15, -0.1) is 0 Å². The second-order valence-electron chi connectivity index (χ2n) is 5.26. The molecule has 21 heavy (non-hydrogen) atoms. The van der Waals surface area contributed by atoms with Crippen LogP contribution in [0.4, 0.5) is 5.69 Å². The molecule has 0 unspecified atom stereocenters. The molecule has 0 aliphatic carbocycles. The summed E-state index contributed by atoms with van der Waals surface area (Å²) in [5.41, 5.74) is 9.07. The van der Waals surface area contributed by atoms with Crippen LogP contribution in [0.1, 0.15) is 16.7 Å². The summed E-state index contributed by atoms with van der Waals surface area (Å²) in [4.78, 5) is 0.349. The minimum Gasteiger partial charge on any atom is -0.326 e. The van der Waals surface area contributed by atoms with Crippen molar-refractivity contribution in [1.29, 1.82) is 0 Å². The summed E-state index contributed by atoms with van der Waals surface area (Å²) in [7, 11) is -3.54. The lowest BCUT2D eigenvalue weighted by molar-refractivity contribution is 0.591. The molecule has 0 bridgehead atoms. The molecule has 0 radical (unpaired) electrons. The maximum Gasteiger partial charge on any atom is 0.264 e. The van der Waals surface area contributed by atoms with Crippen LogP contribution in [0, 0.1) is 6.92 Å². The van der Waals surface area contributed by atoms with Gasteiger partial charge in [0, 0.05) is 13.1 Å². The number of nitrogens with two attached hydrogens (primary N) is 1. The largest absolute Gasteiger partial charge is 0.326 e. The third-order valence-electron chi connectivity index (χ3n) is 3.90. The van der Waals surface area contributed by atoms with Crippen molar-refractivity contribution in [2.45, 2.75) is 24.8 Å². The summed E-state index contributed by atoms with van der Waals surface area (Å²) in [6, 6.07) is 13.0. The van der Waals surface area contributed by atoms with E-state index in [4.69, 9.17) is 5.73 Å². The Balaban J connectivity index is 2.10. The van der Waals surface area contributed by atoms with E-state index in [9.17, 15) is 8.42 Å². The molecule has 4 nitrogen and oxygen atoms in total. The van der Waals surface area contributed by atoms with E-state index in [0.717, 1.165) is 28.8 Å². The summed E-state index contributed by atoms with van der Waals surface area (Å²) in [5.74, 6) is 0. The van der Waals surface area contributed by atoms with Crippen LogP contribution in [0.3, 0.4) is 0 Å². The van der Waals surface area contributed by atoms with Crippen molar-refractivity contribution in [3.8, 4) is 0 Å². The van der Waals surface area contributed by atoms with Gasteiger partial charge >= 0.3 is 0 Å². The van der Waals surface area contributed by atoms with Crippen molar-refractivity contribution in [1.82, 2.24) is 0 Å². The number of benzene rings is 2. The molecule has 0 atom stereocenters. The van der Waals surface area contributed by atoms with Gasteiger partial charge in [0.15, 0.2) is 0 Å². The first kappa shape index (κ1) is 14.1. The lowest BCUT2D eigenvalue weighted by Crippen LogP contribution is -2.29. The average Bonchev–Trinajstić information content (AvgIpc) is 2.92. The van der Waals surface area contributed by atoms with Crippen molar-refractivity contribution in [3.05, 3.63) is 59.2 Å². The summed E-state index contributed by atoms with van der Waals surface area (Å²) in [6.45, 7) is 2.64. The lowest BCUT2D eigenvalue weighted by Gasteiger charge is -2.21. The van der Waals surface area contributed by atoms with Gasteiger partial charge in [-0.1, -0.05) is 30.3 Å². The van der Waals surface area contributed by atoms with Crippen LogP contribution in [0.15, 0.2) is 47.4 Å². The van der Waals surface area contributed by atoms with Crippen molar-refractivity contribution >= 4 is 15.7 Å². The molecule has 2 N–H and O–H groups in total. The minimum atomic E-state index is -3.54. The van der Waals surface area contributed by atoms with Crippen LogP contribution in [0.25, 0.3) is 0 Å². The molecule has 2 aromatic rings. The summed E-state index contributed by atoms with van der Waals surface area (Å²) >= 11 is 0. The van der Waals surface area contributed by atoms with E-state index < -0.39 is 10.0 Å². The monoisotopic (exact) mass is 302 g/mol. The van der Waals surface area contributed by atoms with Crippen molar-refractivity contribution < 1.29 is 8.42 Å². The molecular weight excluding hydrogens is 284 g/mol. The Morgan fingerprint density at radius 2 is 1.95 bits per heavy atom. The first-order chi connectivity index (χ1) is 10.0. The van der Waals surface area contributed by atoms with Crippen molar-refractivity contribution in [2.75, 3.05) is 10.8 Å². The Labute approximate surface area is 125 Å². The molecular formula is C16H18N2O2S.